The second kappa shape index (κ2) is 7.54. The minimum atomic E-state index is -0.906. The zero-order chi connectivity index (χ0) is 21.6. The van der Waals surface area contributed by atoms with Gasteiger partial charge in [-0.25, -0.2) is 4.90 Å². The average molecular weight is 445 g/mol. The van der Waals surface area contributed by atoms with Gasteiger partial charge in [-0.1, -0.05) is 35.5 Å². The summed E-state index contributed by atoms with van der Waals surface area (Å²) in [4.78, 5) is 40.7. The lowest BCUT2D eigenvalue weighted by Crippen LogP contribution is -2.60. The molecule has 4 rings (SSSR count). The molecule has 1 aliphatic rings. The van der Waals surface area contributed by atoms with Crippen LogP contribution in [0.2, 0.25) is 5.02 Å². The Balaban J connectivity index is 2.09. The molecule has 1 N–H and O–H groups in total. The maximum atomic E-state index is 12.9. The molecule has 1 amide bonds. The van der Waals surface area contributed by atoms with Gasteiger partial charge in [-0.3, -0.25) is 24.7 Å². The molecule has 3 aromatic rings. The van der Waals surface area contributed by atoms with Crippen LogP contribution in [0.4, 0.5) is 11.4 Å². The average Bonchev–Trinajstić information content (AvgIpc) is 2.72. The second-order valence-electron chi connectivity index (χ2n) is 6.50. The van der Waals surface area contributed by atoms with E-state index in [4.69, 9.17) is 11.6 Å². The van der Waals surface area contributed by atoms with Crippen LogP contribution in [0.25, 0.3) is 11.3 Å². The highest BCUT2D eigenvalue weighted by Crippen LogP contribution is 2.38. The van der Waals surface area contributed by atoms with Gasteiger partial charge in [0.15, 0.2) is 0 Å². The first-order valence-corrected chi connectivity index (χ1v) is 10.4. The molecule has 1 aliphatic heterocycles. The maximum Gasteiger partial charge on any atom is 0.325 e. The number of nitrogens with one attached hydrogen (secondary N) is 1. The number of nitro groups is 1. The van der Waals surface area contributed by atoms with Crippen molar-refractivity contribution in [3.63, 3.8) is 0 Å². The molecule has 30 heavy (non-hydrogen) atoms. The number of carbonyl (C=O) groups excluding carboxylic acids is 1. The molecule has 0 saturated carbocycles. The van der Waals surface area contributed by atoms with Crippen LogP contribution in [0.1, 0.15) is 18.7 Å². The van der Waals surface area contributed by atoms with Crippen molar-refractivity contribution in [2.75, 3.05) is 11.2 Å². The third kappa shape index (κ3) is 3.14. The summed E-state index contributed by atoms with van der Waals surface area (Å²) < 4.78 is 1.43. The van der Waals surface area contributed by atoms with E-state index in [2.05, 4.69) is 10.1 Å². The van der Waals surface area contributed by atoms with E-state index in [-0.39, 0.29) is 27.9 Å². The van der Waals surface area contributed by atoms with Crippen LogP contribution in [-0.2, 0) is 4.79 Å². The Morgan fingerprint density at radius 1 is 1.33 bits per heavy atom. The van der Waals surface area contributed by atoms with Crippen molar-refractivity contribution in [2.24, 2.45) is 0 Å². The molecule has 152 valence electrons. The molecule has 0 radical (unpaired) electrons. The van der Waals surface area contributed by atoms with Crippen molar-refractivity contribution in [1.82, 2.24) is 10.1 Å². The highest BCUT2D eigenvalue weighted by molar-refractivity contribution is 7.98. The highest BCUT2D eigenvalue weighted by Gasteiger charge is 2.45. The van der Waals surface area contributed by atoms with Crippen LogP contribution in [0.15, 0.2) is 52.4 Å². The van der Waals surface area contributed by atoms with Gasteiger partial charge in [0.2, 0.25) is 11.1 Å². The molecule has 0 fully saturated rings. The number of H-pyrrole nitrogens is 1. The van der Waals surface area contributed by atoms with Crippen LogP contribution < -0.4 is 15.1 Å². The Kier molecular flexibility index (Phi) is 5.04. The molecule has 11 heteroatoms. The number of hydrogen-bond donors (Lipinski definition) is 1. The van der Waals surface area contributed by atoms with Gasteiger partial charge in [0.05, 0.1) is 21.7 Å². The summed E-state index contributed by atoms with van der Waals surface area (Å²) in [5.41, 5.74) is 1.02. The van der Waals surface area contributed by atoms with E-state index >= 15 is 0 Å². The number of thioether (sulfide) groups is 1. The summed E-state index contributed by atoms with van der Waals surface area (Å²) in [6.07, 6.45) is 0.851. The number of carbonyl (C=O) groups is 1. The molecular formula is C19H15ClN5O4S+. The van der Waals surface area contributed by atoms with Gasteiger partial charge in [0.25, 0.3) is 11.9 Å². The van der Waals surface area contributed by atoms with Crippen LogP contribution in [0.5, 0.6) is 0 Å². The number of nitro benzene ring substituents is 1. The molecule has 1 aromatic heterocycles. The SMILES string of the molecule is CSc1n[n+]2c(c(=O)[nH]1)-c1ccccc1N(C(C)=O)C2c1ccc(Cl)c([N+](=O)[O-])c1. The van der Waals surface area contributed by atoms with Crippen molar-refractivity contribution in [3.8, 4) is 11.3 Å². The first kappa shape index (κ1) is 20.0. The predicted octanol–water partition coefficient (Wildman–Crippen LogP) is 2.92. The van der Waals surface area contributed by atoms with E-state index < -0.39 is 11.1 Å². The first-order chi connectivity index (χ1) is 14.3. The molecule has 0 saturated heterocycles. The fraction of sp³-hybridized carbons (Fsp3) is 0.158. The van der Waals surface area contributed by atoms with Crippen LogP contribution in [0, 0.1) is 10.1 Å². The van der Waals surface area contributed by atoms with Crippen molar-refractivity contribution >= 4 is 40.6 Å². The fourth-order valence-electron chi connectivity index (χ4n) is 3.54. The maximum absolute atomic E-state index is 12.9. The zero-order valence-electron chi connectivity index (χ0n) is 15.8. The number of amides is 1. The summed E-state index contributed by atoms with van der Waals surface area (Å²) >= 11 is 7.21. The number of anilines is 1. The highest BCUT2D eigenvalue weighted by atomic mass is 35.5. The van der Waals surface area contributed by atoms with E-state index in [1.54, 1.807) is 36.6 Å². The van der Waals surface area contributed by atoms with Gasteiger partial charge in [-0.05, 0) is 35.2 Å². The molecule has 0 aliphatic carbocycles. The second-order valence-corrected chi connectivity index (χ2v) is 7.71. The van der Waals surface area contributed by atoms with Crippen molar-refractivity contribution < 1.29 is 14.4 Å². The normalized spacial score (nSPS) is 14.8. The van der Waals surface area contributed by atoms with Crippen LogP contribution >= 0.6 is 23.4 Å². The fourth-order valence-corrected chi connectivity index (χ4v) is 4.09. The molecule has 2 heterocycles. The minimum Gasteiger partial charge on any atom is -0.291 e. The molecule has 1 unspecified atom stereocenters. The molecule has 1 atom stereocenters. The number of nitrogens with zero attached hydrogens (tertiary/aromatic N) is 4. The Hall–Kier alpha value is -3.24. The first-order valence-electron chi connectivity index (χ1n) is 8.76. The molecule has 2 aromatic carbocycles. The number of aromatic nitrogens is 3. The minimum absolute atomic E-state index is 0.0248. The van der Waals surface area contributed by atoms with Gasteiger partial charge in [0.1, 0.15) is 5.02 Å². The zero-order valence-corrected chi connectivity index (χ0v) is 17.4. The third-order valence-corrected chi connectivity index (χ3v) is 5.65. The third-order valence-electron chi connectivity index (χ3n) is 4.76. The summed E-state index contributed by atoms with van der Waals surface area (Å²) in [6.45, 7) is 1.39. The van der Waals surface area contributed by atoms with Gasteiger partial charge in [0, 0.05) is 18.1 Å². The van der Waals surface area contributed by atoms with Crippen molar-refractivity contribution in [2.45, 2.75) is 18.2 Å². The largest absolute Gasteiger partial charge is 0.325 e. The van der Waals surface area contributed by atoms with Gasteiger partial charge in [-0.15, -0.1) is 0 Å². The van der Waals surface area contributed by atoms with Crippen molar-refractivity contribution in [1.29, 1.82) is 0 Å². The number of halogens is 1. The lowest BCUT2D eigenvalue weighted by atomic mass is 10.0. The summed E-state index contributed by atoms with van der Waals surface area (Å²) in [5, 5.41) is 16.3. The van der Waals surface area contributed by atoms with Gasteiger partial charge < -0.3 is 0 Å². The van der Waals surface area contributed by atoms with Crippen molar-refractivity contribution in [3.05, 3.63) is 73.5 Å². The summed E-state index contributed by atoms with van der Waals surface area (Å²) in [5.74, 6) is -0.309. The number of rotatable bonds is 3. The van der Waals surface area contributed by atoms with Crippen LogP contribution in [0.3, 0.4) is 0 Å². The van der Waals surface area contributed by atoms with Gasteiger partial charge in [-0.2, -0.15) is 0 Å². The smallest absolute Gasteiger partial charge is 0.291 e. The summed E-state index contributed by atoms with van der Waals surface area (Å²) in [7, 11) is 0. The Morgan fingerprint density at radius 3 is 2.73 bits per heavy atom. The summed E-state index contributed by atoms with van der Waals surface area (Å²) in [6, 6.07) is 11.3. The monoisotopic (exact) mass is 444 g/mol. The standard InChI is InChI=1S/C19H14ClN5O4S/c1-10(26)23-14-6-4-3-5-12(14)16-17(27)21-19(30-2)22-24(16)18(23)11-7-8-13(20)15(9-11)25(28)29/h3-9,18H,1-2H3/p+1. The van der Waals surface area contributed by atoms with E-state index in [9.17, 15) is 19.7 Å². The number of hydrogen-bond acceptors (Lipinski definition) is 6. The Morgan fingerprint density at radius 2 is 2.07 bits per heavy atom. The predicted molar refractivity (Wildman–Crippen MR) is 112 cm³/mol. The Labute approximate surface area is 179 Å². The molecular weight excluding hydrogens is 430 g/mol. The molecule has 0 spiro atoms. The van der Waals surface area contributed by atoms with Crippen LogP contribution in [-0.4, -0.2) is 27.2 Å². The Bertz CT molecular complexity index is 1260. The number of aromatic amines is 1. The van der Waals surface area contributed by atoms with E-state index in [0.29, 0.717) is 22.0 Å². The lowest BCUT2D eigenvalue weighted by molar-refractivity contribution is -0.763. The number of para-hydroxylation sites is 1. The van der Waals surface area contributed by atoms with Gasteiger partial charge >= 0.3 is 11.3 Å². The van der Waals surface area contributed by atoms with E-state index in [0.717, 1.165) is 0 Å². The number of fused-ring (bicyclic) bond motifs is 3. The van der Waals surface area contributed by atoms with E-state index in [1.807, 2.05) is 0 Å². The quantitative estimate of drug-likeness (QED) is 0.287. The number of benzene rings is 2. The lowest BCUT2D eigenvalue weighted by Gasteiger charge is -2.31. The molecule has 9 nitrogen and oxygen atoms in total. The topological polar surface area (TPSA) is 113 Å². The van der Waals surface area contributed by atoms with E-state index in [1.165, 1.54) is 40.4 Å². The molecule has 0 bridgehead atoms.